The third-order valence-electron chi connectivity index (χ3n) is 4.54. The maximum absolute atomic E-state index is 10.9. The molecule has 1 saturated carbocycles. The van der Waals surface area contributed by atoms with Crippen LogP contribution in [0.2, 0.25) is 0 Å². The number of aryl methyl sites for hydroxylation is 2. The van der Waals surface area contributed by atoms with Gasteiger partial charge in [0.15, 0.2) is 0 Å². The van der Waals surface area contributed by atoms with Gasteiger partial charge in [-0.25, -0.2) is 0 Å². The van der Waals surface area contributed by atoms with Crippen molar-refractivity contribution in [3.8, 4) is 0 Å². The molecule has 106 valence electrons. The first-order valence-electron chi connectivity index (χ1n) is 7.58. The maximum Gasteiger partial charge on any atom is 0.0897 e. The molecule has 1 aliphatic carbocycles. The topological polar surface area (TPSA) is 32.3 Å². The molecule has 1 aromatic rings. The highest BCUT2D eigenvalue weighted by atomic mass is 16.3. The molecule has 2 rings (SSSR count). The Bertz CT molecular complexity index is 419. The maximum atomic E-state index is 10.9. The molecule has 1 aliphatic rings. The number of hydrogen-bond acceptors (Lipinski definition) is 2. The van der Waals surface area contributed by atoms with Gasteiger partial charge in [0.1, 0.15) is 0 Å². The number of benzene rings is 1. The Hall–Kier alpha value is -0.860. The van der Waals surface area contributed by atoms with Crippen molar-refractivity contribution in [2.24, 2.45) is 0 Å². The highest BCUT2D eigenvalue weighted by Gasteiger charge is 2.34. The summed E-state index contributed by atoms with van der Waals surface area (Å²) in [5.74, 6) is 0. The highest BCUT2D eigenvalue weighted by molar-refractivity contribution is 5.33. The first-order chi connectivity index (χ1) is 9.05. The minimum absolute atomic E-state index is 0.590. The van der Waals surface area contributed by atoms with E-state index in [-0.39, 0.29) is 0 Å². The average Bonchev–Trinajstić information content (AvgIpc) is 2.41. The van der Waals surface area contributed by atoms with Crippen LogP contribution in [0.3, 0.4) is 0 Å². The van der Waals surface area contributed by atoms with Gasteiger partial charge >= 0.3 is 0 Å². The van der Waals surface area contributed by atoms with E-state index in [0.29, 0.717) is 6.04 Å². The summed E-state index contributed by atoms with van der Waals surface area (Å²) in [5.41, 5.74) is 3.07. The van der Waals surface area contributed by atoms with E-state index in [2.05, 4.69) is 44.3 Å². The summed E-state index contributed by atoms with van der Waals surface area (Å²) >= 11 is 0. The summed E-state index contributed by atoms with van der Waals surface area (Å²) in [5, 5.41) is 14.4. The number of rotatable bonds is 4. The molecule has 0 radical (unpaired) electrons. The summed E-state index contributed by atoms with van der Waals surface area (Å²) in [6.45, 7) is 7.53. The van der Waals surface area contributed by atoms with Crippen LogP contribution in [0.1, 0.15) is 55.7 Å². The van der Waals surface area contributed by atoms with Crippen molar-refractivity contribution in [2.75, 3.05) is 6.54 Å². The van der Waals surface area contributed by atoms with Crippen molar-refractivity contribution in [3.05, 3.63) is 34.9 Å². The van der Waals surface area contributed by atoms with E-state index in [1.807, 2.05) is 0 Å². The summed E-state index contributed by atoms with van der Waals surface area (Å²) in [4.78, 5) is 0. The Morgan fingerprint density at radius 2 is 1.89 bits per heavy atom. The SMILES string of the molecule is CCCNC1CCC(O)(c2ccc(C)c(C)c2)CC1. The predicted octanol–water partition coefficient (Wildman–Crippen LogP) is 3.43. The molecular formula is C17H27NO. The van der Waals surface area contributed by atoms with Crippen molar-refractivity contribution >= 4 is 0 Å². The van der Waals surface area contributed by atoms with Gasteiger partial charge in [-0.1, -0.05) is 25.1 Å². The molecule has 2 nitrogen and oxygen atoms in total. The Morgan fingerprint density at radius 3 is 2.47 bits per heavy atom. The zero-order valence-corrected chi connectivity index (χ0v) is 12.5. The van der Waals surface area contributed by atoms with Crippen LogP contribution >= 0.6 is 0 Å². The van der Waals surface area contributed by atoms with Crippen molar-refractivity contribution in [3.63, 3.8) is 0 Å². The summed E-state index contributed by atoms with van der Waals surface area (Å²) < 4.78 is 0. The van der Waals surface area contributed by atoms with Gasteiger partial charge in [0.2, 0.25) is 0 Å². The van der Waals surface area contributed by atoms with Gasteiger partial charge < -0.3 is 10.4 Å². The third-order valence-corrected chi connectivity index (χ3v) is 4.54. The minimum atomic E-state index is -0.608. The summed E-state index contributed by atoms with van der Waals surface area (Å²) in [6.07, 6.45) is 5.07. The molecular weight excluding hydrogens is 234 g/mol. The lowest BCUT2D eigenvalue weighted by atomic mass is 9.77. The van der Waals surface area contributed by atoms with E-state index in [1.54, 1.807) is 0 Å². The predicted molar refractivity (Wildman–Crippen MR) is 80.4 cm³/mol. The van der Waals surface area contributed by atoms with Crippen molar-refractivity contribution < 1.29 is 5.11 Å². The van der Waals surface area contributed by atoms with E-state index >= 15 is 0 Å². The van der Waals surface area contributed by atoms with E-state index in [4.69, 9.17) is 0 Å². The second-order valence-corrected chi connectivity index (χ2v) is 6.06. The Labute approximate surface area is 117 Å². The highest BCUT2D eigenvalue weighted by Crippen LogP contribution is 2.37. The Kier molecular flexibility index (Phi) is 4.64. The molecule has 0 saturated heterocycles. The average molecular weight is 261 g/mol. The minimum Gasteiger partial charge on any atom is -0.385 e. The monoisotopic (exact) mass is 261 g/mol. The molecule has 1 aromatic carbocycles. The fraction of sp³-hybridized carbons (Fsp3) is 0.647. The first kappa shape index (κ1) is 14.5. The van der Waals surface area contributed by atoms with Crippen LogP contribution in [-0.2, 0) is 5.60 Å². The second kappa shape index (κ2) is 6.06. The molecule has 0 bridgehead atoms. The van der Waals surface area contributed by atoms with Crippen LogP contribution in [-0.4, -0.2) is 17.7 Å². The van der Waals surface area contributed by atoms with Crippen LogP contribution in [0, 0.1) is 13.8 Å². The molecule has 19 heavy (non-hydrogen) atoms. The van der Waals surface area contributed by atoms with Crippen LogP contribution < -0.4 is 5.32 Å². The molecule has 2 N–H and O–H groups in total. The number of aliphatic hydroxyl groups is 1. The fourth-order valence-electron chi connectivity index (χ4n) is 2.97. The van der Waals surface area contributed by atoms with Crippen molar-refractivity contribution in [2.45, 2.75) is 64.5 Å². The van der Waals surface area contributed by atoms with Crippen LogP contribution in [0.25, 0.3) is 0 Å². The molecule has 0 atom stereocenters. The molecule has 1 fully saturated rings. The van der Waals surface area contributed by atoms with Crippen LogP contribution in [0.5, 0.6) is 0 Å². The largest absolute Gasteiger partial charge is 0.385 e. The molecule has 0 amide bonds. The lowest BCUT2D eigenvalue weighted by molar-refractivity contribution is -0.00831. The Balaban J connectivity index is 2.02. The van der Waals surface area contributed by atoms with Crippen molar-refractivity contribution in [1.82, 2.24) is 5.32 Å². The normalized spacial score (nSPS) is 27.5. The van der Waals surface area contributed by atoms with E-state index in [1.165, 1.54) is 17.5 Å². The third kappa shape index (κ3) is 3.37. The summed E-state index contributed by atoms with van der Waals surface area (Å²) in [7, 11) is 0. The smallest absolute Gasteiger partial charge is 0.0897 e. The van der Waals surface area contributed by atoms with Crippen LogP contribution in [0.15, 0.2) is 18.2 Å². The van der Waals surface area contributed by atoms with Crippen LogP contribution in [0.4, 0.5) is 0 Å². The lowest BCUT2D eigenvalue weighted by Gasteiger charge is -2.37. The zero-order valence-electron chi connectivity index (χ0n) is 12.5. The van der Waals surface area contributed by atoms with Gasteiger partial charge in [0, 0.05) is 6.04 Å². The quantitative estimate of drug-likeness (QED) is 0.870. The number of nitrogens with one attached hydrogen (secondary N) is 1. The van der Waals surface area contributed by atoms with Gasteiger partial charge in [0.05, 0.1) is 5.60 Å². The van der Waals surface area contributed by atoms with Crippen molar-refractivity contribution in [1.29, 1.82) is 0 Å². The molecule has 0 aromatic heterocycles. The molecule has 2 heteroatoms. The Morgan fingerprint density at radius 1 is 1.21 bits per heavy atom. The summed E-state index contributed by atoms with van der Waals surface area (Å²) in [6, 6.07) is 6.98. The van der Waals surface area contributed by atoms with Gasteiger partial charge in [-0.2, -0.15) is 0 Å². The van der Waals surface area contributed by atoms with Gasteiger partial charge in [0.25, 0.3) is 0 Å². The first-order valence-corrected chi connectivity index (χ1v) is 7.58. The second-order valence-electron chi connectivity index (χ2n) is 6.06. The molecule has 0 spiro atoms. The molecule has 0 aliphatic heterocycles. The number of hydrogen-bond donors (Lipinski definition) is 2. The van der Waals surface area contributed by atoms with E-state index < -0.39 is 5.60 Å². The van der Waals surface area contributed by atoms with Gasteiger partial charge in [-0.15, -0.1) is 0 Å². The lowest BCUT2D eigenvalue weighted by Crippen LogP contribution is -2.40. The molecule has 0 heterocycles. The fourth-order valence-corrected chi connectivity index (χ4v) is 2.97. The van der Waals surface area contributed by atoms with E-state index in [0.717, 1.165) is 37.8 Å². The zero-order chi connectivity index (χ0) is 13.9. The standard InChI is InChI=1S/C17H27NO/c1-4-11-18-16-7-9-17(19,10-8-16)15-6-5-13(2)14(3)12-15/h5-6,12,16,18-19H,4,7-11H2,1-3H3. The van der Waals surface area contributed by atoms with Gasteiger partial charge in [-0.05, 0) is 69.2 Å². The van der Waals surface area contributed by atoms with Gasteiger partial charge in [-0.3, -0.25) is 0 Å². The van der Waals surface area contributed by atoms with E-state index in [9.17, 15) is 5.11 Å². The molecule has 0 unspecified atom stereocenters.